The fourth-order valence-electron chi connectivity index (χ4n) is 7.43. The van der Waals surface area contributed by atoms with Crippen LogP contribution in [-0.4, -0.2) is 73.6 Å². The molecule has 10 nitrogen and oxygen atoms in total. The minimum absolute atomic E-state index is 0.00891. The van der Waals surface area contributed by atoms with E-state index in [0.717, 1.165) is 18.9 Å². The predicted octanol–water partition coefficient (Wildman–Crippen LogP) is 6.21. The average molecular weight is 714 g/mol. The van der Waals surface area contributed by atoms with E-state index >= 15 is 0 Å². The van der Waals surface area contributed by atoms with Gasteiger partial charge in [-0.1, -0.05) is 23.4 Å². The van der Waals surface area contributed by atoms with E-state index in [2.05, 4.69) is 32.9 Å². The molecular formula is C36H30ClF2N7O3S. The van der Waals surface area contributed by atoms with Crippen LogP contribution in [0, 0.1) is 36.0 Å². The van der Waals surface area contributed by atoms with Crippen molar-refractivity contribution in [1.29, 1.82) is 5.26 Å². The van der Waals surface area contributed by atoms with Gasteiger partial charge in [-0.2, -0.15) is 5.26 Å². The van der Waals surface area contributed by atoms with E-state index in [9.17, 15) is 28.7 Å². The van der Waals surface area contributed by atoms with Crippen LogP contribution in [0.5, 0.6) is 0 Å². The Morgan fingerprint density at radius 3 is 2.74 bits per heavy atom. The molecule has 5 aromatic rings. The van der Waals surface area contributed by atoms with Crippen LogP contribution in [0.3, 0.4) is 0 Å². The predicted molar refractivity (Wildman–Crippen MR) is 188 cm³/mol. The Morgan fingerprint density at radius 1 is 1.24 bits per heavy atom. The number of nitriles is 1. The van der Waals surface area contributed by atoms with E-state index in [-0.39, 0.29) is 47.6 Å². The molecule has 1 unspecified atom stereocenters. The van der Waals surface area contributed by atoms with Crippen LogP contribution in [0.2, 0.25) is 5.02 Å². The molecule has 1 saturated heterocycles. The van der Waals surface area contributed by atoms with Crippen molar-refractivity contribution >= 4 is 55.8 Å². The lowest BCUT2D eigenvalue weighted by molar-refractivity contribution is -0.0231. The van der Waals surface area contributed by atoms with E-state index in [0.29, 0.717) is 56.5 Å². The van der Waals surface area contributed by atoms with Gasteiger partial charge in [0.2, 0.25) is 0 Å². The van der Waals surface area contributed by atoms with Crippen molar-refractivity contribution < 1.29 is 18.7 Å². The summed E-state index contributed by atoms with van der Waals surface area (Å²) in [7, 11) is 1.84. The number of anilines is 1. The van der Waals surface area contributed by atoms with Crippen LogP contribution in [-0.2, 0) is 6.54 Å². The van der Waals surface area contributed by atoms with E-state index in [4.69, 9.17) is 11.6 Å². The molecule has 1 aliphatic carbocycles. The molecule has 2 bridgehead atoms. The Bertz CT molecular complexity index is 2370. The minimum Gasteiger partial charge on any atom is -0.478 e. The number of rotatable bonds is 7. The third kappa shape index (κ3) is 5.96. The first-order chi connectivity index (χ1) is 23.8. The Hall–Kier alpha value is -4.95. The number of hydrogen-bond donors (Lipinski definition) is 1. The molecule has 0 amide bonds. The molecule has 3 atom stereocenters. The number of fused-ring (bicyclic) bond motifs is 4. The standard InChI is InChI=1S/C36H30ClF2N7O3S/c1-19-43-28-15-42-33(44(3)29-13-23-11-21(29)16-45(23)18-36(2,38)39)26(14-40)30(28)34(47)46(19)10-4-5-20-6-7-22(37)12-25(20)24-8-9-41-31-27(35(48)49)17-50-32(24)31/h6-9,12,15,17,21,23,29H,10-11,13,16,18H2,1-3H3,(H,48,49)/t21-,23-,29?/m0/s1. The van der Waals surface area contributed by atoms with Gasteiger partial charge in [-0.15, -0.1) is 11.3 Å². The zero-order valence-electron chi connectivity index (χ0n) is 27.2. The summed E-state index contributed by atoms with van der Waals surface area (Å²) in [5.74, 6) is 3.29. The molecule has 5 heterocycles. The van der Waals surface area contributed by atoms with Gasteiger partial charge in [0, 0.05) is 65.9 Å². The van der Waals surface area contributed by atoms with Crippen LogP contribution < -0.4 is 10.5 Å². The van der Waals surface area contributed by atoms with E-state index in [1.807, 2.05) is 16.8 Å². The van der Waals surface area contributed by atoms with Gasteiger partial charge in [-0.3, -0.25) is 19.2 Å². The van der Waals surface area contributed by atoms with Crippen molar-refractivity contribution in [3.05, 3.63) is 79.9 Å². The van der Waals surface area contributed by atoms with Gasteiger partial charge in [-0.05, 0) is 49.9 Å². The van der Waals surface area contributed by atoms with Crippen LogP contribution >= 0.6 is 22.9 Å². The van der Waals surface area contributed by atoms with Crippen LogP contribution in [0.25, 0.3) is 32.2 Å². The lowest BCUT2D eigenvalue weighted by atomic mass is 10.00. The molecule has 0 radical (unpaired) electrons. The number of aryl methyl sites for hydroxylation is 1. The number of halogens is 3. The van der Waals surface area contributed by atoms with Gasteiger partial charge in [-0.25, -0.2) is 23.5 Å². The SMILES string of the molecule is Cc1nc2cnc(N(C)C3C[C@@H]4C[C@H]3CN4CC(C)(F)F)c(C#N)c2c(=O)n1CC#Cc1ccc(Cl)cc1-c1ccnc2c(C(=O)O)csc12. The summed E-state index contributed by atoms with van der Waals surface area (Å²) in [6.07, 6.45) is 4.51. The summed E-state index contributed by atoms with van der Waals surface area (Å²) in [6.45, 7) is 2.88. The zero-order chi connectivity index (χ0) is 35.5. The molecule has 7 rings (SSSR count). The number of thiophene rings is 1. The summed E-state index contributed by atoms with van der Waals surface area (Å²) in [5.41, 5.74) is 2.51. The lowest BCUT2D eigenvalue weighted by Crippen LogP contribution is -2.48. The summed E-state index contributed by atoms with van der Waals surface area (Å²) >= 11 is 7.65. The van der Waals surface area contributed by atoms with Crippen molar-refractivity contribution in [1.82, 2.24) is 24.4 Å². The number of piperidine rings is 1. The number of pyridine rings is 2. The smallest absolute Gasteiger partial charge is 0.338 e. The van der Waals surface area contributed by atoms with Crippen molar-refractivity contribution in [2.45, 2.75) is 51.2 Å². The second-order valence-electron chi connectivity index (χ2n) is 12.9. The second kappa shape index (κ2) is 12.7. The highest BCUT2D eigenvalue weighted by atomic mass is 35.5. The highest BCUT2D eigenvalue weighted by Crippen LogP contribution is 2.43. The van der Waals surface area contributed by atoms with Crippen LogP contribution in [0.15, 0.2) is 46.8 Å². The van der Waals surface area contributed by atoms with Crippen molar-refractivity contribution in [2.75, 3.05) is 25.0 Å². The monoisotopic (exact) mass is 713 g/mol. The molecule has 0 spiro atoms. The van der Waals surface area contributed by atoms with Crippen LogP contribution in [0.1, 0.15) is 47.1 Å². The topological polar surface area (TPSA) is 128 Å². The molecule has 4 aromatic heterocycles. The van der Waals surface area contributed by atoms with Crippen molar-refractivity contribution in [3.8, 4) is 29.0 Å². The molecule has 2 fully saturated rings. The van der Waals surface area contributed by atoms with Gasteiger partial charge >= 0.3 is 5.97 Å². The van der Waals surface area contributed by atoms with Gasteiger partial charge < -0.3 is 10.0 Å². The zero-order valence-corrected chi connectivity index (χ0v) is 28.8. The molecule has 14 heteroatoms. The van der Waals surface area contributed by atoms with Gasteiger partial charge in [0.25, 0.3) is 11.5 Å². The highest BCUT2D eigenvalue weighted by Gasteiger charge is 2.48. The van der Waals surface area contributed by atoms with Crippen molar-refractivity contribution in [3.63, 3.8) is 0 Å². The lowest BCUT2D eigenvalue weighted by Gasteiger charge is -2.37. The first kappa shape index (κ1) is 33.5. The molecule has 2 aliphatic rings. The summed E-state index contributed by atoms with van der Waals surface area (Å²) in [6, 6.07) is 9.23. The number of carboxylic acids is 1. The van der Waals surface area contributed by atoms with Gasteiger partial charge in [0.15, 0.2) is 0 Å². The number of carboxylic acid groups (broad SMARTS) is 1. The fourth-order valence-corrected chi connectivity index (χ4v) is 8.63. The largest absolute Gasteiger partial charge is 0.478 e. The normalized spacial score (nSPS) is 18.7. The molecule has 1 aliphatic heterocycles. The van der Waals surface area contributed by atoms with E-state index in [1.54, 1.807) is 42.8 Å². The molecular weight excluding hydrogens is 684 g/mol. The van der Waals surface area contributed by atoms with Gasteiger partial charge in [0.05, 0.1) is 46.0 Å². The number of hydrogen-bond acceptors (Lipinski definition) is 9. The molecule has 254 valence electrons. The first-order valence-electron chi connectivity index (χ1n) is 15.9. The molecule has 1 N–H and O–H groups in total. The number of likely N-dealkylation sites (tertiary alicyclic amines) is 1. The van der Waals surface area contributed by atoms with E-state index < -0.39 is 17.5 Å². The molecule has 1 saturated carbocycles. The summed E-state index contributed by atoms with van der Waals surface area (Å²) in [4.78, 5) is 42.9. The Kier molecular flexibility index (Phi) is 8.55. The number of aromatic carboxylic acids is 1. The maximum absolute atomic E-state index is 14.0. The minimum atomic E-state index is -2.77. The summed E-state index contributed by atoms with van der Waals surface area (Å²) < 4.78 is 29.6. The maximum atomic E-state index is 14.0. The third-order valence-corrected chi connectivity index (χ3v) is 10.9. The molecule has 50 heavy (non-hydrogen) atoms. The number of aromatic nitrogens is 4. The third-order valence-electron chi connectivity index (χ3n) is 9.63. The number of benzene rings is 1. The van der Waals surface area contributed by atoms with E-state index in [1.165, 1.54) is 22.1 Å². The molecule has 1 aromatic carbocycles. The average Bonchev–Trinajstić information content (AvgIpc) is 3.80. The van der Waals surface area contributed by atoms with Gasteiger partial charge in [0.1, 0.15) is 23.3 Å². The first-order valence-corrected chi connectivity index (χ1v) is 17.1. The Morgan fingerprint density at radius 2 is 2.04 bits per heavy atom. The Balaban J connectivity index is 1.21. The second-order valence-corrected chi connectivity index (χ2v) is 14.2. The number of alkyl halides is 2. The summed E-state index contributed by atoms with van der Waals surface area (Å²) in [5, 5.41) is 22.1. The maximum Gasteiger partial charge on any atom is 0.338 e. The Labute approximate surface area is 294 Å². The number of nitrogens with zero attached hydrogens (tertiary/aromatic N) is 7. The number of carbonyl (C=O) groups is 1. The highest BCUT2D eigenvalue weighted by molar-refractivity contribution is 7.18. The fraction of sp³-hybridized carbons (Fsp3) is 0.333. The van der Waals surface area contributed by atoms with Crippen LogP contribution in [0.4, 0.5) is 14.6 Å². The quantitative estimate of drug-likeness (QED) is 0.196. The van der Waals surface area contributed by atoms with Crippen molar-refractivity contribution in [2.24, 2.45) is 5.92 Å².